The van der Waals surface area contributed by atoms with Crippen LogP contribution in [0.5, 0.6) is 0 Å². The first kappa shape index (κ1) is 35.5. The summed E-state index contributed by atoms with van der Waals surface area (Å²) >= 11 is 0. The van der Waals surface area contributed by atoms with Gasteiger partial charge in [0, 0.05) is 95.0 Å². The third kappa shape index (κ3) is 8.93. The number of nitro benzene ring substituents is 1. The number of rotatable bonds is 13. The Hall–Kier alpha value is -3.32. The van der Waals surface area contributed by atoms with E-state index in [1.807, 2.05) is 32.6 Å². The maximum atomic E-state index is 14.0. The van der Waals surface area contributed by atoms with Crippen molar-refractivity contribution < 1.29 is 24.0 Å². The van der Waals surface area contributed by atoms with E-state index in [0.717, 1.165) is 65.4 Å². The zero-order valence-electron chi connectivity index (χ0n) is 28.5. The minimum Gasteiger partial charge on any atom is -0.462 e. The van der Waals surface area contributed by atoms with Crippen molar-refractivity contribution in [2.24, 2.45) is 0 Å². The predicted octanol–water partition coefficient (Wildman–Crippen LogP) is 3.31. The summed E-state index contributed by atoms with van der Waals surface area (Å²) in [5.41, 5.74) is 2.32. The number of nitro groups is 1. The van der Waals surface area contributed by atoms with E-state index >= 15 is 0 Å². The number of hydrogen-bond acceptors (Lipinski definition) is 11. The van der Waals surface area contributed by atoms with Gasteiger partial charge in [-0.15, -0.1) is 0 Å². The number of hydrogen-bond donors (Lipinski definition) is 0. The van der Waals surface area contributed by atoms with Crippen molar-refractivity contribution >= 4 is 17.6 Å². The summed E-state index contributed by atoms with van der Waals surface area (Å²) in [5.74, 6) is -1.91. The number of carbonyl (C=O) groups is 2. The molecule has 0 spiro atoms. The third-order valence-electron chi connectivity index (χ3n) is 9.35. The first-order valence-electron chi connectivity index (χ1n) is 16.6. The van der Waals surface area contributed by atoms with Gasteiger partial charge >= 0.3 is 11.9 Å². The molecule has 3 heterocycles. The minimum atomic E-state index is -0.870. The van der Waals surface area contributed by atoms with E-state index < -0.39 is 22.8 Å². The molecular weight excluding hydrogens is 588 g/mol. The molecule has 0 aromatic heterocycles. The van der Waals surface area contributed by atoms with Crippen LogP contribution in [0.3, 0.4) is 0 Å². The van der Waals surface area contributed by atoms with Crippen molar-refractivity contribution in [1.82, 2.24) is 24.5 Å². The number of carbonyl (C=O) groups excluding carboxylic acids is 2. The van der Waals surface area contributed by atoms with Crippen LogP contribution in [-0.4, -0.2) is 140 Å². The molecule has 0 aliphatic carbocycles. The number of esters is 2. The lowest BCUT2D eigenvalue weighted by Crippen LogP contribution is -2.44. The predicted molar refractivity (Wildman–Crippen MR) is 177 cm³/mol. The van der Waals surface area contributed by atoms with E-state index in [-0.39, 0.29) is 24.9 Å². The average molecular weight is 641 g/mol. The lowest BCUT2D eigenvalue weighted by atomic mass is 9.79. The van der Waals surface area contributed by atoms with Gasteiger partial charge in [0.15, 0.2) is 0 Å². The van der Waals surface area contributed by atoms with Crippen LogP contribution < -0.4 is 0 Å². The van der Waals surface area contributed by atoms with Crippen LogP contribution in [0.2, 0.25) is 0 Å². The average Bonchev–Trinajstić information content (AvgIpc) is 3.02. The Morgan fingerprint density at radius 2 is 1.28 bits per heavy atom. The number of nitrogens with zero attached hydrogens (tertiary/aromatic N) is 6. The van der Waals surface area contributed by atoms with Crippen LogP contribution in [0.25, 0.3) is 0 Å². The Kier molecular flexibility index (Phi) is 12.7. The van der Waals surface area contributed by atoms with Crippen LogP contribution in [0.15, 0.2) is 46.8 Å². The van der Waals surface area contributed by atoms with Crippen molar-refractivity contribution in [3.8, 4) is 0 Å². The molecule has 12 nitrogen and oxygen atoms in total. The molecule has 2 fully saturated rings. The van der Waals surface area contributed by atoms with Crippen molar-refractivity contribution in [2.45, 2.75) is 52.5 Å². The summed E-state index contributed by atoms with van der Waals surface area (Å²) in [6.07, 6.45) is 1.38. The Labute approximate surface area is 273 Å². The summed E-state index contributed by atoms with van der Waals surface area (Å²) in [5, 5.41) is 11.8. The second-order valence-corrected chi connectivity index (χ2v) is 13.0. The zero-order chi connectivity index (χ0) is 33.4. The molecule has 0 atom stereocenters. The molecule has 0 bridgehead atoms. The first-order valence-corrected chi connectivity index (χ1v) is 16.6. The van der Waals surface area contributed by atoms with Gasteiger partial charge in [0.25, 0.3) is 5.69 Å². The molecule has 0 radical (unpaired) electrons. The Bertz CT molecular complexity index is 1230. The molecule has 4 rings (SSSR count). The highest BCUT2D eigenvalue weighted by atomic mass is 16.6. The maximum absolute atomic E-state index is 14.0. The fourth-order valence-corrected chi connectivity index (χ4v) is 6.73. The zero-order valence-corrected chi connectivity index (χ0v) is 28.5. The maximum Gasteiger partial charge on any atom is 0.336 e. The number of ether oxygens (including phenoxy) is 2. The van der Waals surface area contributed by atoms with Gasteiger partial charge in [0.2, 0.25) is 0 Å². The van der Waals surface area contributed by atoms with Gasteiger partial charge in [-0.25, -0.2) is 9.59 Å². The molecule has 46 heavy (non-hydrogen) atoms. The lowest BCUT2D eigenvalue weighted by Gasteiger charge is -2.40. The van der Waals surface area contributed by atoms with Crippen molar-refractivity contribution in [2.75, 3.05) is 92.8 Å². The summed E-state index contributed by atoms with van der Waals surface area (Å²) in [4.78, 5) is 50.5. The Balaban J connectivity index is 1.56. The van der Waals surface area contributed by atoms with E-state index in [4.69, 9.17) is 9.47 Å². The number of likely N-dealkylation sites (N-methyl/N-ethyl adjacent to an activating group) is 2. The molecule has 254 valence electrons. The normalized spacial score (nSPS) is 19.7. The monoisotopic (exact) mass is 640 g/mol. The molecule has 2 saturated heterocycles. The Morgan fingerprint density at radius 1 is 0.826 bits per heavy atom. The third-order valence-corrected chi connectivity index (χ3v) is 9.35. The number of allylic oxidation sites excluding steroid dienone is 2. The quantitative estimate of drug-likeness (QED) is 0.137. The molecule has 0 unspecified atom stereocenters. The molecule has 3 aliphatic rings. The minimum absolute atomic E-state index is 0.0638. The fourth-order valence-electron chi connectivity index (χ4n) is 6.73. The van der Waals surface area contributed by atoms with Crippen molar-refractivity contribution in [1.29, 1.82) is 0 Å². The van der Waals surface area contributed by atoms with E-state index in [9.17, 15) is 19.7 Å². The SMILES string of the molecule is CC1=C(C(=O)OCCCN2CCN(C)CC2)C(c2cccc([N+](=O)[O-])c2)C(C(=O)OCCCN2CCN(C)CC2)=C(C)N1C(C)C. The van der Waals surface area contributed by atoms with Crippen LogP contribution in [0, 0.1) is 10.1 Å². The van der Waals surface area contributed by atoms with Gasteiger partial charge in [-0.05, 0) is 60.2 Å². The summed E-state index contributed by atoms with van der Waals surface area (Å²) in [6, 6.07) is 6.10. The molecular formula is C34H52N6O6. The van der Waals surface area contributed by atoms with E-state index in [2.05, 4.69) is 33.7 Å². The van der Waals surface area contributed by atoms with E-state index in [1.165, 1.54) is 12.1 Å². The standard InChI is InChI=1S/C34H52N6O6/c1-25(2)39-26(3)30(33(41)45-22-8-12-37-18-14-35(5)15-19-37)32(28-10-7-11-29(24-28)40(43)44)31(27(39)4)34(42)46-23-9-13-38-20-16-36(6)17-21-38/h7,10-11,24-25,32H,8-9,12-23H2,1-6H3. The molecule has 0 N–H and O–H groups in total. The second-order valence-electron chi connectivity index (χ2n) is 13.0. The van der Waals surface area contributed by atoms with Gasteiger partial charge in [0.05, 0.1) is 35.2 Å². The summed E-state index contributed by atoms with van der Waals surface area (Å²) in [6.45, 7) is 17.8. The van der Waals surface area contributed by atoms with Gasteiger partial charge in [-0.2, -0.15) is 0 Å². The Morgan fingerprint density at radius 3 is 1.70 bits per heavy atom. The van der Waals surface area contributed by atoms with Crippen LogP contribution in [0.1, 0.15) is 52.0 Å². The number of piperazine rings is 2. The summed E-state index contributed by atoms with van der Waals surface area (Å²) < 4.78 is 11.8. The van der Waals surface area contributed by atoms with Gasteiger partial charge in [0.1, 0.15) is 0 Å². The first-order chi connectivity index (χ1) is 22.0. The van der Waals surface area contributed by atoms with Gasteiger partial charge < -0.3 is 34.0 Å². The molecule has 1 aromatic rings. The lowest BCUT2D eigenvalue weighted by molar-refractivity contribution is -0.384. The molecule has 0 amide bonds. The molecule has 3 aliphatic heterocycles. The summed E-state index contributed by atoms with van der Waals surface area (Å²) in [7, 11) is 4.23. The molecule has 1 aromatic carbocycles. The molecule has 12 heteroatoms. The van der Waals surface area contributed by atoms with Crippen LogP contribution in [0.4, 0.5) is 5.69 Å². The van der Waals surface area contributed by atoms with Gasteiger partial charge in [-0.1, -0.05) is 12.1 Å². The van der Waals surface area contributed by atoms with Crippen molar-refractivity contribution in [3.05, 3.63) is 62.5 Å². The topological polar surface area (TPSA) is 112 Å². The smallest absolute Gasteiger partial charge is 0.336 e. The van der Waals surface area contributed by atoms with Crippen LogP contribution in [-0.2, 0) is 19.1 Å². The van der Waals surface area contributed by atoms with Crippen LogP contribution >= 0.6 is 0 Å². The highest BCUT2D eigenvalue weighted by Crippen LogP contribution is 2.44. The number of non-ortho nitro benzene ring substituents is 1. The van der Waals surface area contributed by atoms with Crippen molar-refractivity contribution in [3.63, 3.8) is 0 Å². The highest BCUT2D eigenvalue weighted by Gasteiger charge is 2.41. The highest BCUT2D eigenvalue weighted by molar-refractivity contribution is 6.00. The van der Waals surface area contributed by atoms with E-state index in [1.54, 1.807) is 12.1 Å². The fraction of sp³-hybridized carbons (Fsp3) is 0.647. The molecule has 0 saturated carbocycles. The van der Waals surface area contributed by atoms with Gasteiger partial charge in [-0.3, -0.25) is 10.1 Å². The van der Waals surface area contributed by atoms with E-state index in [0.29, 0.717) is 40.9 Å². The second kappa shape index (κ2) is 16.5. The number of benzene rings is 1. The largest absolute Gasteiger partial charge is 0.462 e.